The maximum absolute atomic E-state index is 12.3. The van der Waals surface area contributed by atoms with Gasteiger partial charge in [-0.3, -0.25) is 0 Å². The summed E-state index contributed by atoms with van der Waals surface area (Å²) in [6.45, 7) is 0. The van der Waals surface area contributed by atoms with Gasteiger partial charge in [0.25, 0.3) is 0 Å². The molecular weight excluding hydrogens is 310 g/mol. The van der Waals surface area contributed by atoms with Gasteiger partial charge in [0.2, 0.25) is 0 Å². The Hall–Kier alpha value is -1.56. The highest BCUT2D eigenvalue weighted by Crippen LogP contribution is 2.21. The molecule has 0 saturated heterocycles. The molecule has 1 unspecified atom stereocenters. The van der Waals surface area contributed by atoms with Crippen LogP contribution in [0.1, 0.15) is 11.6 Å². The molecule has 0 radical (unpaired) electrons. The summed E-state index contributed by atoms with van der Waals surface area (Å²) in [5.41, 5.74) is 6.74. The summed E-state index contributed by atoms with van der Waals surface area (Å²) in [5, 5.41) is 0.494. The Balaban J connectivity index is 2.17. The van der Waals surface area contributed by atoms with E-state index >= 15 is 0 Å². The van der Waals surface area contributed by atoms with Gasteiger partial charge in [-0.25, -0.2) is 8.42 Å². The van der Waals surface area contributed by atoms with Crippen LogP contribution < -0.4 is 10.5 Å². The molecule has 112 valence electrons. The molecule has 0 aliphatic heterocycles. The van der Waals surface area contributed by atoms with Gasteiger partial charge in [0, 0.05) is 11.1 Å². The molecule has 0 aromatic heterocycles. The molecule has 2 aromatic rings. The van der Waals surface area contributed by atoms with E-state index in [4.69, 9.17) is 22.1 Å². The molecule has 0 aliphatic carbocycles. The van der Waals surface area contributed by atoms with Gasteiger partial charge in [-0.15, -0.1) is 0 Å². The standard InChI is InChI=1S/C15H16ClNO3S/c1-20-13-6-2-11(3-7-13)15(17)10-21(18,19)14-8-4-12(16)5-9-14/h2-9,15H,10,17H2,1H3. The van der Waals surface area contributed by atoms with Crippen LogP contribution in [0.2, 0.25) is 5.02 Å². The van der Waals surface area contributed by atoms with E-state index in [-0.39, 0.29) is 10.6 Å². The first-order valence-electron chi connectivity index (χ1n) is 6.30. The highest BCUT2D eigenvalue weighted by Gasteiger charge is 2.20. The molecule has 2 rings (SSSR count). The van der Waals surface area contributed by atoms with E-state index in [9.17, 15) is 8.42 Å². The fourth-order valence-electron chi connectivity index (χ4n) is 1.92. The van der Waals surface area contributed by atoms with E-state index in [1.165, 1.54) is 12.1 Å². The second-order valence-corrected chi connectivity index (χ2v) is 7.09. The number of hydrogen-bond donors (Lipinski definition) is 1. The molecule has 0 aliphatic rings. The normalized spacial score (nSPS) is 12.9. The molecule has 6 heteroatoms. The largest absolute Gasteiger partial charge is 0.497 e. The summed E-state index contributed by atoms with van der Waals surface area (Å²) in [6.07, 6.45) is 0. The van der Waals surface area contributed by atoms with Crippen LogP contribution in [0, 0.1) is 0 Å². The zero-order valence-electron chi connectivity index (χ0n) is 11.5. The number of ether oxygens (including phenoxy) is 1. The highest BCUT2D eigenvalue weighted by molar-refractivity contribution is 7.91. The predicted octanol–water partition coefficient (Wildman–Crippen LogP) is 2.82. The summed E-state index contributed by atoms with van der Waals surface area (Å²) in [6, 6.07) is 12.5. The molecular formula is C15H16ClNO3S. The average molecular weight is 326 g/mol. The summed E-state index contributed by atoms with van der Waals surface area (Å²) in [7, 11) is -1.89. The second-order valence-electron chi connectivity index (χ2n) is 4.61. The number of benzene rings is 2. The monoisotopic (exact) mass is 325 g/mol. The van der Waals surface area contributed by atoms with Crippen molar-refractivity contribution in [3.63, 3.8) is 0 Å². The Bertz CT molecular complexity index is 697. The minimum absolute atomic E-state index is 0.166. The summed E-state index contributed by atoms with van der Waals surface area (Å²) < 4.78 is 29.7. The van der Waals surface area contributed by atoms with Gasteiger partial charge in [0.05, 0.1) is 17.8 Å². The zero-order chi connectivity index (χ0) is 15.5. The van der Waals surface area contributed by atoms with Gasteiger partial charge in [-0.2, -0.15) is 0 Å². The van der Waals surface area contributed by atoms with Gasteiger partial charge >= 0.3 is 0 Å². The lowest BCUT2D eigenvalue weighted by Crippen LogP contribution is -2.21. The molecule has 0 bridgehead atoms. The van der Waals surface area contributed by atoms with Crippen molar-refractivity contribution in [1.29, 1.82) is 0 Å². The van der Waals surface area contributed by atoms with E-state index < -0.39 is 15.9 Å². The molecule has 0 saturated carbocycles. The predicted molar refractivity (Wildman–Crippen MR) is 83.4 cm³/mol. The van der Waals surface area contributed by atoms with Crippen LogP contribution >= 0.6 is 11.6 Å². The van der Waals surface area contributed by atoms with E-state index in [0.29, 0.717) is 10.8 Å². The molecule has 0 fully saturated rings. The molecule has 1 atom stereocenters. The number of nitrogens with two attached hydrogens (primary N) is 1. The van der Waals surface area contributed by atoms with Crippen molar-refractivity contribution >= 4 is 21.4 Å². The molecule has 21 heavy (non-hydrogen) atoms. The molecule has 0 heterocycles. The SMILES string of the molecule is COc1ccc(C(N)CS(=O)(=O)c2ccc(Cl)cc2)cc1. The van der Waals surface area contributed by atoms with Crippen LogP contribution in [0.15, 0.2) is 53.4 Å². The van der Waals surface area contributed by atoms with Crippen molar-refractivity contribution in [2.24, 2.45) is 5.73 Å². The van der Waals surface area contributed by atoms with Crippen LogP contribution in [0.25, 0.3) is 0 Å². The Kier molecular flexibility index (Phi) is 4.88. The van der Waals surface area contributed by atoms with Crippen molar-refractivity contribution in [3.8, 4) is 5.75 Å². The quantitative estimate of drug-likeness (QED) is 0.917. The minimum atomic E-state index is -3.46. The van der Waals surface area contributed by atoms with Crippen molar-refractivity contribution in [2.75, 3.05) is 12.9 Å². The lowest BCUT2D eigenvalue weighted by Gasteiger charge is -2.13. The lowest BCUT2D eigenvalue weighted by atomic mass is 10.1. The first-order valence-corrected chi connectivity index (χ1v) is 8.33. The van der Waals surface area contributed by atoms with Crippen LogP contribution in [0.3, 0.4) is 0 Å². The Labute approximate surface area is 129 Å². The third kappa shape index (κ3) is 3.97. The fourth-order valence-corrected chi connectivity index (χ4v) is 3.46. The van der Waals surface area contributed by atoms with E-state index in [1.807, 2.05) is 0 Å². The lowest BCUT2D eigenvalue weighted by molar-refractivity contribution is 0.414. The number of sulfone groups is 1. The van der Waals surface area contributed by atoms with Crippen molar-refractivity contribution in [1.82, 2.24) is 0 Å². The summed E-state index contributed by atoms with van der Waals surface area (Å²) >= 11 is 5.76. The third-order valence-electron chi connectivity index (χ3n) is 3.12. The highest BCUT2D eigenvalue weighted by atomic mass is 35.5. The number of hydrogen-bond acceptors (Lipinski definition) is 4. The Morgan fingerprint density at radius 3 is 2.19 bits per heavy atom. The number of rotatable bonds is 5. The third-order valence-corrected chi connectivity index (χ3v) is 5.16. The van der Waals surface area contributed by atoms with Gasteiger partial charge in [-0.1, -0.05) is 23.7 Å². The maximum atomic E-state index is 12.3. The molecule has 4 nitrogen and oxygen atoms in total. The minimum Gasteiger partial charge on any atom is -0.497 e. The number of methoxy groups -OCH3 is 1. The van der Waals surface area contributed by atoms with Crippen LogP contribution in [-0.2, 0) is 9.84 Å². The van der Waals surface area contributed by atoms with E-state index in [1.54, 1.807) is 43.5 Å². The average Bonchev–Trinajstić information content (AvgIpc) is 2.47. The topological polar surface area (TPSA) is 69.4 Å². The second kappa shape index (κ2) is 6.47. The van der Waals surface area contributed by atoms with Gasteiger partial charge in [-0.05, 0) is 42.0 Å². The van der Waals surface area contributed by atoms with E-state index in [0.717, 1.165) is 5.56 Å². The molecule has 0 spiro atoms. The van der Waals surface area contributed by atoms with Gasteiger partial charge in [0.15, 0.2) is 9.84 Å². The molecule has 0 amide bonds. The van der Waals surface area contributed by atoms with Crippen LogP contribution in [0.4, 0.5) is 0 Å². The zero-order valence-corrected chi connectivity index (χ0v) is 13.1. The molecule has 2 aromatic carbocycles. The van der Waals surface area contributed by atoms with Gasteiger partial charge < -0.3 is 10.5 Å². The summed E-state index contributed by atoms with van der Waals surface area (Å²) in [5.74, 6) is 0.535. The van der Waals surface area contributed by atoms with E-state index in [2.05, 4.69) is 0 Å². The van der Waals surface area contributed by atoms with Crippen LogP contribution in [-0.4, -0.2) is 21.3 Å². The van der Waals surface area contributed by atoms with Crippen LogP contribution in [0.5, 0.6) is 5.75 Å². The Morgan fingerprint density at radius 2 is 1.67 bits per heavy atom. The van der Waals surface area contributed by atoms with Crippen molar-refractivity contribution < 1.29 is 13.2 Å². The molecule has 2 N–H and O–H groups in total. The number of halogens is 1. The van der Waals surface area contributed by atoms with Crippen molar-refractivity contribution in [2.45, 2.75) is 10.9 Å². The Morgan fingerprint density at radius 1 is 1.10 bits per heavy atom. The first kappa shape index (κ1) is 15.8. The first-order chi connectivity index (χ1) is 9.92. The van der Waals surface area contributed by atoms with Crippen molar-refractivity contribution in [3.05, 3.63) is 59.1 Å². The fraction of sp³-hybridized carbons (Fsp3) is 0.200. The smallest absolute Gasteiger partial charge is 0.180 e. The van der Waals surface area contributed by atoms with Gasteiger partial charge in [0.1, 0.15) is 5.75 Å². The summed E-state index contributed by atoms with van der Waals surface area (Å²) in [4.78, 5) is 0.218. The maximum Gasteiger partial charge on any atom is 0.180 e.